The van der Waals surface area contributed by atoms with Crippen molar-refractivity contribution in [3.8, 4) is 11.3 Å². The molecule has 0 bridgehead atoms. The van der Waals surface area contributed by atoms with Crippen LogP contribution in [-0.2, 0) is 11.2 Å². The topological polar surface area (TPSA) is 38.2 Å². The molecule has 5 rings (SSSR count). The van der Waals surface area contributed by atoms with E-state index in [4.69, 9.17) is 14.7 Å². The lowest BCUT2D eigenvalue weighted by molar-refractivity contribution is 0.122. The van der Waals surface area contributed by atoms with E-state index in [2.05, 4.69) is 71.6 Å². The first-order valence-electron chi connectivity index (χ1n) is 10.4. The summed E-state index contributed by atoms with van der Waals surface area (Å²) >= 11 is 0. The molecule has 0 saturated carbocycles. The lowest BCUT2D eigenvalue weighted by atomic mass is 9.87. The Morgan fingerprint density at radius 1 is 0.793 bits per heavy atom. The van der Waals surface area contributed by atoms with E-state index in [0.717, 1.165) is 62.9 Å². The molecular weight excluding hydrogens is 358 g/mol. The molecule has 1 fully saturated rings. The van der Waals surface area contributed by atoms with E-state index in [-0.39, 0.29) is 0 Å². The lowest BCUT2D eigenvalue weighted by Gasteiger charge is -2.29. The second-order valence-electron chi connectivity index (χ2n) is 7.60. The first-order chi connectivity index (χ1) is 14.4. The Labute approximate surface area is 171 Å². The third-order valence-corrected chi connectivity index (χ3v) is 5.65. The van der Waals surface area contributed by atoms with Gasteiger partial charge in [-0.2, -0.15) is 0 Å². The molecule has 29 heavy (non-hydrogen) atoms. The number of ether oxygens (including phenoxy) is 1. The number of fused-ring (bicyclic) bond motifs is 1. The molecule has 0 amide bonds. The van der Waals surface area contributed by atoms with Crippen LogP contribution in [0.5, 0.6) is 0 Å². The Kier molecular flexibility index (Phi) is 5.10. The van der Waals surface area contributed by atoms with Crippen LogP contribution in [0.3, 0.4) is 0 Å². The zero-order valence-corrected chi connectivity index (χ0v) is 16.6. The van der Waals surface area contributed by atoms with Crippen molar-refractivity contribution in [2.75, 3.05) is 31.2 Å². The molecule has 0 radical (unpaired) electrons. The number of anilines is 1. The maximum atomic E-state index is 5.54. The first-order valence-corrected chi connectivity index (χ1v) is 10.4. The van der Waals surface area contributed by atoms with Crippen molar-refractivity contribution < 1.29 is 4.74 Å². The quantitative estimate of drug-likeness (QED) is 0.648. The molecule has 3 aromatic rings. The van der Waals surface area contributed by atoms with Crippen molar-refractivity contribution in [1.82, 2.24) is 9.97 Å². The van der Waals surface area contributed by atoms with Crippen LogP contribution in [0.25, 0.3) is 22.9 Å². The zero-order chi connectivity index (χ0) is 19.5. The lowest BCUT2D eigenvalue weighted by Crippen LogP contribution is -2.37. The fraction of sp³-hybridized carbons (Fsp3) is 0.280. The predicted octanol–water partition coefficient (Wildman–Crippen LogP) is 4.86. The van der Waals surface area contributed by atoms with Gasteiger partial charge in [-0.1, -0.05) is 60.7 Å². The van der Waals surface area contributed by atoms with E-state index in [1.54, 1.807) is 0 Å². The highest BCUT2D eigenvalue weighted by atomic mass is 16.5. The fourth-order valence-electron chi connectivity index (χ4n) is 4.18. The van der Waals surface area contributed by atoms with Crippen molar-refractivity contribution in [2.24, 2.45) is 0 Å². The van der Waals surface area contributed by atoms with E-state index in [9.17, 15) is 0 Å². The molecule has 1 aliphatic carbocycles. The standard InChI is InChI=1S/C25H25N3O/c1-3-8-19(9-4-1)18-21-12-7-13-22-23(20-10-5-2-6-11-20)26-25(27-24(21)22)28-14-16-29-17-15-28/h1-6,8-11,18H,7,12-17H2/b21-18+. The summed E-state index contributed by atoms with van der Waals surface area (Å²) in [5, 5.41) is 0. The maximum absolute atomic E-state index is 5.54. The van der Waals surface area contributed by atoms with Gasteiger partial charge in [-0.15, -0.1) is 0 Å². The summed E-state index contributed by atoms with van der Waals surface area (Å²) in [4.78, 5) is 12.4. The predicted molar refractivity (Wildman–Crippen MR) is 118 cm³/mol. The highest BCUT2D eigenvalue weighted by molar-refractivity contribution is 5.85. The Hall–Kier alpha value is -2.98. The van der Waals surface area contributed by atoms with Crippen LogP contribution in [0.1, 0.15) is 29.7 Å². The second-order valence-corrected chi connectivity index (χ2v) is 7.60. The molecule has 2 aliphatic rings. The molecule has 146 valence electrons. The highest BCUT2D eigenvalue weighted by Gasteiger charge is 2.24. The third-order valence-electron chi connectivity index (χ3n) is 5.65. The Balaban J connectivity index is 1.66. The van der Waals surface area contributed by atoms with Crippen molar-refractivity contribution in [3.63, 3.8) is 0 Å². The summed E-state index contributed by atoms with van der Waals surface area (Å²) in [6.07, 6.45) is 5.50. The van der Waals surface area contributed by atoms with E-state index < -0.39 is 0 Å². The van der Waals surface area contributed by atoms with Gasteiger partial charge in [0.05, 0.1) is 24.6 Å². The third kappa shape index (κ3) is 3.81. The van der Waals surface area contributed by atoms with Crippen molar-refractivity contribution >= 4 is 17.6 Å². The number of benzene rings is 2. The van der Waals surface area contributed by atoms with Gasteiger partial charge in [0.15, 0.2) is 0 Å². The van der Waals surface area contributed by atoms with Crippen LogP contribution in [0.2, 0.25) is 0 Å². The van der Waals surface area contributed by atoms with Crippen LogP contribution in [-0.4, -0.2) is 36.3 Å². The van der Waals surface area contributed by atoms with Gasteiger partial charge in [-0.25, -0.2) is 9.97 Å². The molecule has 2 heterocycles. The minimum atomic E-state index is 0.730. The highest BCUT2D eigenvalue weighted by Crippen LogP contribution is 2.37. The number of nitrogens with zero attached hydrogens (tertiary/aromatic N) is 3. The SMILES string of the molecule is C(=C1/CCCc2c1nc(N1CCOCC1)nc2-c1ccccc1)/c1ccccc1. The second kappa shape index (κ2) is 8.18. The normalized spacial score (nSPS) is 17.9. The van der Waals surface area contributed by atoms with Gasteiger partial charge in [-0.3, -0.25) is 0 Å². The summed E-state index contributed by atoms with van der Waals surface area (Å²) in [6, 6.07) is 21.1. The van der Waals surface area contributed by atoms with Gasteiger partial charge in [0.1, 0.15) is 0 Å². The summed E-state index contributed by atoms with van der Waals surface area (Å²) in [7, 11) is 0. The van der Waals surface area contributed by atoms with Crippen molar-refractivity contribution in [1.29, 1.82) is 0 Å². The summed E-state index contributed by atoms with van der Waals surface area (Å²) < 4.78 is 5.54. The van der Waals surface area contributed by atoms with Crippen LogP contribution >= 0.6 is 0 Å². The van der Waals surface area contributed by atoms with Gasteiger partial charge in [0.25, 0.3) is 0 Å². The van der Waals surface area contributed by atoms with Gasteiger partial charge >= 0.3 is 0 Å². The number of morpholine rings is 1. The average molecular weight is 383 g/mol. The Bertz CT molecular complexity index is 1010. The smallest absolute Gasteiger partial charge is 0.226 e. The molecule has 2 aromatic carbocycles. The molecule has 4 heteroatoms. The van der Waals surface area contributed by atoms with E-state index in [1.807, 2.05) is 0 Å². The van der Waals surface area contributed by atoms with Gasteiger partial charge < -0.3 is 9.64 Å². The Morgan fingerprint density at radius 2 is 1.48 bits per heavy atom. The summed E-state index contributed by atoms with van der Waals surface area (Å²) in [5.74, 6) is 0.826. The minimum absolute atomic E-state index is 0.730. The van der Waals surface area contributed by atoms with Gasteiger partial charge in [0, 0.05) is 24.2 Å². The van der Waals surface area contributed by atoms with Crippen LogP contribution in [0.15, 0.2) is 60.7 Å². The summed E-state index contributed by atoms with van der Waals surface area (Å²) in [5.41, 5.74) is 7.18. The van der Waals surface area contributed by atoms with Gasteiger partial charge in [-0.05, 0) is 36.5 Å². The number of hydrogen-bond donors (Lipinski definition) is 0. The summed E-state index contributed by atoms with van der Waals surface area (Å²) in [6.45, 7) is 3.14. The molecule has 0 N–H and O–H groups in total. The molecule has 1 aliphatic heterocycles. The van der Waals surface area contributed by atoms with Gasteiger partial charge in [0.2, 0.25) is 5.95 Å². The number of hydrogen-bond acceptors (Lipinski definition) is 4. The van der Waals surface area contributed by atoms with Crippen LogP contribution < -0.4 is 4.90 Å². The number of allylic oxidation sites excluding steroid dienone is 1. The van der Waals surface area contributed by atoms with E-state index in [0.29, 0.717) is 0 Å². The molecule has 0 unspecified atom stereocenters. The molecule has 1 aromatic heterocycles. The number of rotatable bonds is 3. The largest absolute Gasteiger partial charge is 0.378 e. The molecular formula is C25H25N3O. The van der Waals surface area contributed by atoms with Crippen molar-refractivity contribution in [3.05, 3.63) is 77.5 Å². The fourth-order valence-corrected chi connectivity index (χ4v) is 4.18. The van der Waals surface area contributed by atoms with Crippen molar-refractivity contribution in [2.45, 2.75) is 19.3 Å². The average Bonchev–Trinajstić information content (AvgIpc) is 2.80. The first kappa shape index (κ1) is 18.1. The molecule has 4 nitrogen and oxygen atoms in total. The number of aromatic nitrogens is 2. The van der Waals surface area contributed by atoms with Crippen LogP contribution in [0.4, 0.5) is 5.95 Å². The Morgan fingerprint density at radius 3 is 2.24 bits per heavy atom. The monoisotopic (exact) mass is 383 g/mol. The minimum Gasteiger partial charge on any atom is -0.378 e. The van der Waals surface area contributed by atoms with Crippen LogP contribution in [0, 0.1) is 0 Å². The molecule has 1 saturated heterocycles. The molecule has 0 atom stereocenters. The maximum Gasteiger partial charge on any atom is 0.226 e. The van der Waals surface area contributed by atoms with E-state index >= 15 is 0 Å². The zero-order valence-electron chi connectivity index (χ0n) is 16.6. The molecule has 0 spiro atoms. The van der Waals surface area contributed by atoms with E-state index in [1.165, 1.54) is 22.3 Å².